The van der Waals surface area contributed by atoms with Crippen molar-refractivity contribution in [2.45, 2.75) is 6.18 Å². The molecular formula is C19H13F3N4O3. The van der Waals surface area contributed by atoms with Crippen LogP contribution in [0.25, 0.3) is 16.8 Å². The summed E-state index contributed by atoms with van der Waals surface area (Å²) in [5, 5.41) is 6.42. The fourth-order valence-electron chi connectivity index (χ4n) is 2.50. The summed E-state index contributed by atoms with van der Waals surface area (Å²) >= 11 is 0. The largest absolute Gasteiger partial charge is 0.416 e. The minimum Gasteiger partial charge on any atom is -0.268 e. The molecule has 0 saturated heterocycles. The second kappa shape index (κ2) is 7.97. The van der Waals surface area contributed by atoms with Gasteiger partial charge < -0.3 is 0 Å². The van der Waals surface area contributed by atoms with Gasteiger partial charge in [0.1, 0.15) is 0 Å². The van der Waals surface area contributed by atoms with E-state index in [1.165, 1.54) is 30.3 Å². The fourth-order valence-corrected chi connectivity index (χ4v) is 2.50. The minimum absolute atomic E-state index is 0.109. The van der Waals surface area contributed by atoms with Crippen LogP contribution in [0.5, 0.6) is 0 Å². The number of aromatic nitrogens is 2. The van der Waals surface area contributed by atoms with Gasteiger partial charge in [0.15, 0.2) is 5.69 Å². The van der Waals surface area contributed by atoms with E-state index in [0.29, 0.717) is 5.39 Å². The van der Waals surface area contributed by atoms with Gasteiger partial charge in [0.2, 0.25) is 0 Å². The average Bonchev–Trinajstić information content (AvgIpc) is 2.70. The Morgan fingerprint density at radius 2 is 1.72 bits per heavy atom. The summed E-state index contributed by atoms with van der Waals surface area (Å²) in [6.45, 7) is 0. The number of halogens is 3. The van der Waals surface area contributed by atoms with Gasteiger partial charge >= 0.3 is 6.18 Å². The number of aromatic amines is 1. The van der Waals surface area contributed by atoms with Crippen LogP contribution in [0.15, 0.2) is 59.4 Å². The molecule has 10 heteroatoms. The summed E-state index contributed by atoms with van der Waals surface area (Å²) in [5.41, 5.74) is 2.97. The Balaban J connectivity index is 1.67. The minimum atomic E-state index is -4.49. The molecule has 3 aromatic rings. The maximum absolute atomic E-state index is 12.7. The van der Waals surface area contributed by atoms with Gasteiger partial charge in [-0.1, -0.05) is 30.3 Å². The molecule has 1 aromatic heterocycles. The number of amides is 2. The molecule has 3 N–H and O–H groups in total. The van der Waals surface area contributed by atoms with Crippen molar-refractivity contribution in [1.29, 1.82) is 0 Å². The van der Waals surface area contributed by atoms with Crippen molar-refractivity contribution in [3.8, 4) is 0 Å². The van der Waals surface area contributed by atoms with E-state index in [1.54, 1.807) is 12.1 Å². The first kappa shape index (κ1) is 19.8. The number of carbonyl (C=O) groups is 2. The monoisotopic (exact) mass is 402 g/mol. The Morgan fingerprint density at radius 1 is 1.00 bits per heavy atom. The lowest BCUT2D eigenvalue weighted by atomic mass is 10.1. The molecule has 0 atom stereocenters. The van der Waals surface area contributed by atoms with Crippen LogP contribution in [-0.2, 0) is 11.0 Å². The van der Waals surface area contributed by atoms with Crippen LogP contribution in [0.2, 0.25) is 0 Å². The lowest BCUT2D eigenvalue weighted by Crippen LogP contribution is -2.41. The van der Waals surface area contributed by atoms with Crippen molar-refractivity contribution < 1.29 is 22.8 Å². The van der Waals surface area contributed by atoms with Crippen LogP contribution in [-0.4, -0.2) is 22.0 Å². The third-order valence-electron chi connectivity index (χ3n) is 3.85. The van der Waals surface area contributed by atoms with Gasteiger partial charge in [0.05, 0.1) is 10.9 Å². The van der Waals surface area contributed by atoms with E-state index in [-0.39, 0.29) is 16.6 Å². The maximum Gasteiger partial charge on any atom is 0.416 e. The summed E-state index contributed by atoms with van der Waals surface area (Å²) in [5.74, 6) is -1.55. The number of hydrogen-bond acceptors (Lipinski definition) is 4. The Labute approximate surface area is 161 Å². The molecule has 0 radical (unpaired) electrons. The number of alkyl halides is 3. The SMILES string of the molecule is O=C(/C=C/c1cccc(C(F)(F)F)c1)NNC(=O)c1n[nH]c(=O)c2ccccc12. The van der Waals surface area contributed by atoms with E-state index in [0.717, 1.165) is 18.2 Å². The molecule has 1 heterocycles. The van der Waals surface area contributed by atoms with Crippen molar-refractivity contribution >= 4 is 28.7 Å². The predicted molar refractivity (Wildman–Crippen MR) is 98.5 cm³/mol. The van der Waals surface area contributed by atoms with Gasteiger partial charge in [-0.15, -0.1) is 0 Å². The summed E-state index contributed by atoms with van der Waals surface area (Å²) in [6, 6.07) is 10.7. The Bertz CT molecular complexity index is 1170. The van der Waals surface area contributed by atoms with Gasteiger partial charge in [-0.05, 0) is 29.8 Å². The number of H-pyrrole nitrogens is 1. The first-order chi connectivity index (χ1) is 13.8. The van der Waals surface area contributed by atoms with Gasteiger partial charge in [0.25, 0.3) is 17.4 Å². The molecule has 0 fully saturated rings. The van der Waals surface area contributed by atoms with E-state index in [4.69, 9.17) is 0 Å². The van der Waals surface area contributed by atoms with Gasteiger partial charge in [0, 0.05) is 11.5 Å². The molecule has 2 amide bonds. The number of benzene rings is 2. The van der Waals surface area contributed by atoms with Crippen LogP contribution in [0.4, 0.5) is 13.2 Å². The van der Waals surface area contributed by atoms with Gasteiger partial charge in [-0.3, -0.25) is 25.2 Å². The Kier molecular flexibility index (Phi) is 5.44. The summed E-state index contributed by atoms with van der Waals surface area (Å²) in [6.07, 6.45) is -2.36. The lowest BCUT2D eigenvalue weighted by Gasteiger charge is -2.07. The molecule has 0 saturated carbocycles. The summed E-state index contributed by atoms with van der Waals surface area (Å²) in [4.78, 5) is 35.8. The van der Waals surface area contributed by atoms with Gasteiger partial charge in [-0.2, -0.15) is 18.3 Å². The lowest BCUT2D eigenvalue weighted by molar-refractivity contribution is -0.137. The zero-order chi connectivity index (χ0) is 21.0. The number of carbonyl (C=O) groups excluding carboxylic acids is 2. The standard InChI is InChI=1S/C19H13F3N4O3/c20-19(21,22)12-5-3-4-11(10-12)8-9-15(27)23-26-18(29)16-13-6-1-2-7-14(13)17(28)25-24-16/h1-10H,(H,23,27)(H,25,28)(H,26,29)/b9-8+. The summed E-state index contributed by atoms with van der Waals surface area (Å²) < 4.78 is 38.1. The highest BCUT2D eigenvalue weighted by Crippen LogP contribution is 2.29. The molecule has 0 spiro atoms. The topological polar surface area (TPSA) is 104 Å². The highest BCUT2D eigenvalue weighted by molar-refractivity contribution is 6.05. The van der Waals surface area contributed by atoms with E-state index in [2.05, 4.69) is 21.0 Å². The van der Waals surface area contributed by atoms with Crippen molar-refractivity contribution in [3.05, 3.63) is 81.8 Å². The van der Waals surface area contributed by atoms with Crippen molar-refractivity contribution in [1.82, 2.24) is 21.0 Å². The molecule has 7 nitrogen and oxygen atoms in total. The van der Waals surface area contributed by atoms with Crippen LogP contribution < -0.4 is 16.4 Å². The van der Waals surface area contributed by atoms with Crippen LogP contribution in [0.3, 0.4) is 0 Å². The van der Waals surface area contributed by atoms with E-state index >= 15 is 0 Å². The quantitative estimate of drug-likeness (QED) is 0.462. The third-order valence-corrected chi connectivity index (χ3v) is 3.85. The molecule has 2 aromatic carbocycles. The zero-order valence-corrected chi connectivity index (χ0v) is 14.6. The molecule has 0 unspecified atom stereocenters. The van der Waals surface area contributed by atoms with Crippen LogP contribution >= 0.6 is 0 Å². The second-order valence-corrected chi connectivity index (χ2v) is 5.85. The highest BCUT2D eigenvalue weighted by atomic mass is 19.4. The molecule has 3 rings (SSSR count). The van der Waals surface area contributed by atoms with E-state index < -0.39 is 29.1 Å². The first-order valence-corrected chi connectivity index (χ1v) is 8.19. The molecule has 0 bridgehead atoms. The number of fused-ring (bicyclic) bond motifs is 1. The fraction of sp³-hybridized carbons (Fsp3) is 0.0526. The smallest absolute Gasteiger partial charge is 0.268 e. The van der Waals surface area contributed by atoms with Crippen molar-refractivity contribution in [3.63, 3.8) is 0 Å². The van der Waals surface area contributed by atoms with E-state index in [9.17, 15) is 27.6 Å². The zero-order valence-electron chi connectivity index (χ0n) is 14.6. The molecule has 0 aliphatic heterocycles. The van der Waals surface area contributed by atoms with Crippen molar-refractivity contribution in [2.75, 3.05) is 0 Å². The van der Waals surface area contributed by atoms with Crippen LogP contribution in [0.1, 0.15) is 21.6 Å². The molecule has 0 aliphatic rings. The number of nitrogens with zero attached hydrogens (tertiary/aromatic N) is 1. The Morgan fingerprint density at radius 3 is 2.45 bits per heavy atom. The van der Waals surface area contributed by atoms with E-state index in [1.807, 2.05) is 0 Å². The van der Waals surface area contributed by atoms with Crippen molar-refractivity contribution in [2.24, 2.45) is 0 Å². The second-order valence-electron chi connectivity index (χ2n) is 5.85. The summed E-state index contributed by atoms with van der Waals surface area (Å²) in [7, 11) is 0. The normalized spacial score (nSPS) is 11.6. The third kappa shape index (κ3) is 4.67. The first-order valence-electron chi connectivity index (χ1n) is 8.19. The number of hydrazine groups is 1. The highest BCUT2D eigenvalue weighted by Gasteiger charge is 2.30. The Hall–Kier alpha value is -3.95. The maximum atomic E-state index is 12.7. The number of rotatable bonds is 3. The van der Waals surface area contributed by atoms with Crippen LogP contribution in [0, 0.1) is 0 Å². The predicted octanol–water partition coefficient (Wildman–Crippen LogP) is 2.42. The molecule has 148 valence electrons. The van der Waals surface area contributed by atoms with Gasteiger partial charge in [-0.25, -0.2) is 5.10 Å². The molecule has 29 heavy (non-hydrogen) atoms. The number of nitrogens with one attached hydrogen (secondary N) is 3. The molecular weight excluding hydrogens is 389 g/mol. The average molecular weight is 402 g/mol. The number of hydrogen-bond donors (Lipinski definition) is 3. The molecule has 0 aliphatic carbocycles.